The van der Waals surface area contributed by atoms with Crippen LogP contribution in [0.4, 0.5) is 17.1 Å². The second-order valence-corrected chi connectivity index (χ2v) is 9.61. The van der Waals surface area contributed by atoms with Gasteiger partial charge in [-0.1, -0.05) is 46.4 Å². The van der Waals surface area contributed by atoms with Gasteiger partial charge in [-0.3, -0.25) is 19.6 Å². The van der Waals surface area contributed by atoms with Crippen LogP contribution < -0.4 is 10.0 Å². The van der Waals surface area contributed by atoms with E-state index in [1.54, 1.807) is 0 Å². The highest BCUT2D eigenvalue weighted by molar-refractivity contribution is 7.92. The van der Waals surface area contributed by atoms with Crippen molar-refractivity contribution in [1.29, 1.82) is 0 Å². The number of nitro groups is 1. The molecular weight excluding hydrogens is 524 g/mol. The molecule has 13 heteroatoms. The number of nitrogens with zero attached hydrogens (tertiary/aromatic N) is 1. The van der Waals surface area contributed by atoms with Crippen LogP contribution in [-0.4, -0.2) is 19.2 Å². The first kappa shape index (κ1) is 24.1. The summed E-state index contributed by atoms with van der Waals surface area (Å²) in [6, 6.07) is 11.3. The standard InChI is InChI=1S/C19H11Cl4N3O5S/c20-10-1-5-16(13(7-10)19(27)24-17-6-2-11(21)8-15(17)23)25-32(30,31)12-3-4-14(22)18(9-12)26(28)29/h1-9,25H,(H,24,27). The van der Waals surface area contributed by atoms with Crippen molar-refractivity contribution in [3.05, 3.63) is 90.4 Å². The molecule has 0 fully saturated rings. The first-order valence-corrected chi connectivity index (χ1v) is 11.5. The average Bonchev–Trinajstić information content (AvgIpc) is 2.71. The number of anilines is 2. The highest BCUT2D eigenvalue weighted by Gasteiger charge is 2.23. The van der Waals surface area contributed by atoms with E-state index in [0.29, 0.717) is 5.02 Å². The quantitative estimate of drug-likeness (QED) is 0.285. The van der Waals surface area contributed by atoms with Gasteiger partial charge in [0.2, 0.25) is 0 Å². The van der Waals surface area contributed by atoms with Crippen LogP contribution in [0.3, 0.4) is 0 Å². The number of amides is 1. The molecule has 0 aliphatic rings. The topological polar surface area (TPSA) is 118 Å². The van der Waals surface area contributed by atoms with Crippen molar-refractivity contribution in [2.75, 3.05) is 10.0 Å². The Morgan fingerprint density at radius 1 is 0.844 bits per heavy atom. The summed E-state index contributed by atoms with van der Waals surface area (Å²) in [5, 5.41) is 14.1. The number of carbonyl (C=O) groups excluding carboxylic acids is 1. The lowest BCUT2D eigenvalue weighted by atomic mass is 10.1. The van der Waals surface area contributed by atoms with Crippen LogP contribution in [0.15, 0.2) is 59.5 Å². The van der Waals surface area contributed by atoms with Gasteiger partial charge >= 0.3 is 0 Å². The van der Waals surface area contributed by atoms with Crippen LogP contribution in [-0.2, 0) is 10.0 Å². The zero-order valence-electron chi connectivity index (χ0n) is 15.6. The summed E-state index contributed by atoms with van der Waals surface area (Å²) in [6.45, 7) is 0. The normalized spacial score (nSPS) is 11.1. The molecule has 8 nitrogen and oxygen atoms in total. The van der Waals surface area contributed by atoms with Crippen LogP contribution in [0.5, 0.6) is 0 Å². The summed E-state index contributed by atoms with van der Waals surface area (Å²) in [7, 11) is -4.32. The predicted molar refractivity (Wildman–Crippen MR) is 125 cm³/mol. The molecule has 0 saturated carbocycles. The van der Waals surface area contributed by atoms with E-state index >= 15 is 0 Å². The Morgan fingerprint density at radius 3 is 2.09 bits per heavy atom. The van der Waals surface area contributed by atoms with Crippen LogP contribution >= 0.6 is 46.4 Å². The lowest BCUT2D eigenvalue weighted by Crippen LogP contribution is -2.19. The van der Waals surface area contributed by atoms with Gasteiger partial charge in [0.15, 0.2) is 0 Å². The maximum absolute atomic E-state index is 12.8. The van der Waals surface area contributed by atoms with E-state index in [1.807, 2.05) is 0 Å². The molecule has 2 N–H and O–H groups in total. The van der Waals surface area contributed by atoms with Gasteiger partial charge in [0.05, 0.1) is 31.8 Å². The minimum atomic E-state index is -4.32. The van der Waals surface area contributed by atoms with E-state index in [2.05, 4.69) is 10.0 Å². The molecule has 0 unspecified atom stereocenters. The van der Waals surface area contributed by atoms with Gasteiger partial charge in [0.1, 0.15) is 5.02 Å². The van der Waals surface area contributed by atoms with Crippen LogP contribution in [0, 0.1) is 10.1 Å². The molecule has 0 aromatic heterocycles. The van der Waals surface area contributed by atoms with Gasteiger partial charge < -0.3 is 5.32 Å². The van der Waals surface area contributed by atoms with E-state index in [0.717, 1.165) is 18.2 Å². The summed E-state index contributed by atoms with van der Waals surface area (Å²) in [6.07, 6.45) is 0. The van der Waals surface area contributed by atoms with E-state index in [4.69, 9.17) is 46.4 Å². The number of rotatable bonds is 6. The molecule has 0 aliphatic carbocycles. The molecule has 0 spiro atoms. The Balaban J connectivity index is 1.96. The molecule has 3 rings (SSSR count). The van der Waals surface area contributed by atoms with Gasteiger partial charge in [0, 0.05) is 16.1 Å². The largest absolute Gasteiger partial charge is 0.321 e. The van der Waals surface area contributed by atoms with Gasteiger partial charge in [-0.25, -0.2) is 8.42 Å². The van der Waals surface area contributed by atoms with Crippen molar-refractivity contribution in [2.24, 2.45) is 0 Å². The molecule has 0 bridgehead atoms. The van der Waals surface area contributed by atoms with Crippen molar-refractivity contribution in [2.45, 2.75) is 4.90 Å². The molecule has 3 aromatic carbocycles. The third kappa shape index (κ3) is 5.43. The third-order valence-electron chi connectivity index (χ3n) is 4.07. The molecule has 1 amide bonds. The lowest BCUT2D eigenvalue weighted by molar-refractivity contribution is -0.384. The van der Waals surface area contributed by atoms with Crippen LogP contribution in [0.25, 0.3) is 0 Å². The molecule has 32 heavy (non-hydrogen) atoms. The lowest BCUT2D eigenvalue weighted by Gasteiger charge is -2.14. The number of carbonyl (C=O) groups is 1. The minimum Gasteiger partial charge on any atom is -0.321 e. The molecule has 0 heterocycles. The summed E-state index contributed by atoms with van der Waals surface area (Å²) < 4.78 is 27.9. The molecule has 3 aromatic rings. The molecule has 166 valence electrons. The first-order valence-electron chi connectivity index (χ1n) is 8.50. The van der Waals surface area contributed by atoms with Gasteiger partial charge in [0.25, 0.3) is 21.6 Å². The van der Waals surface area contributed by atoms with E-state index in [9.17, 15) is 23.3 Å². The Labute approximate surface area is 202 Å². The van der Waals surface area contributed by atoms with E-state index in [-0.39, 0.29) is 32.0 Å². The fourth-order valence-corrected chi connectivity index (χ4v) is 4.49. The SMILES string of the molecule is O=C(Nc1ccc(Cl)cc1Cl)c1cc(Cl)ccc1NS(=O)(=O)c1ccc(Cl)c([N+](=O)[O-])c1. The molecule has 0 atom stereocenters. The Morgan fingerprint density at radius 2 is 1.47 bits per heavy atom. The van der Waals surface area contributed by atoms with Crippen molar-refractivity contribution >= 4 is 79.4 Å². The van der Waals surface area contributed by atoms with E-state index < -0.39 is 31.4 Å². The number of hydrogen-bond acceptors (Lipinski definition) is 5. The molecule has 0 radical (unpaired) electrons. The summed E-state index contributed by atoms with van der Waals surface area (Å²) in [5.41, 5.74) is -0.575. The zero-order chi connectivity index (χ0) is 23.6. The number of sulfonamides is 1. The monoisotopic (exact) mass is 533 g/mol. The number of nitro benzene ring substituents is 1. The minimum absolute atomic E-state index is 0.115. The average molecular weight is 535 g/mol. The summed E-state index contributed by atoms with van der Waals surface area (Å²) in [5.74, 6) is -0.712. The fourth-order valence-electron chi connectivity index (χ4n) is 2.58. The van der Waals surface area contributed by atoms with Gasteiger partial charge in [-0.15, -0.1) is 0 Å². The number of benzene rings is 3. The second-order valence-electron chi connectivity index (χ2n) is 6.24. The smallest absolute Gasteiger partial charge is 0.289 e. The van der Waals surface area contributed by atoms with Crippen molar-refractivity contribution in [3.63, 3.8) is 0 Å². The molecule has 0 aliphatic heterocycles. The van der Waals surface area contributed by atoms with Crippen molar-refractivity contribution in [3.8, 4) is 0 Å². The number of halogens is 4. The Bertz CT molecular complexity index is 1350. The molecule has 0 saturated heterocycles. The Hall–Kier alpha value is -2.56. The number of hydrogen-bond donors (Lipinski definition) is 2. The van der Waals surface area contributed by atoms with Gasteiger partial charge in [-0.05, 0) is 48.5 Å². The number of nitrogens with one attached hydrogen (secondary N) is 2. The van der Waals surface area contributed by atoms with Crippen LogP contribution in [0.1, 0.15) is 10.4 Å². The van der Waals surface area contributed by atoms with Crippen molar-refractivity contribution in [1.82, 2.24) is 0 Å². The van der Waals surface area contributed by atoms with Crippen LogP contribution in [0.2, 0.25) is 20.1 Å². The van der Waals surface area contributed by atoms with Gasteiger partial charge in [-0.2, -0.15) is 0 Å². The highest BCUT2D eigenvalue weighted by Crippen LogP contribution is 2.31. The second kappa shape index (κ2) is 9.51. The summed E-state index contributed by atoms with van der Waals surface area (Å²) >= 11 is 23.6. The first-order chi connectivity index (χ1) is 15.0. The summed E-state index contributed by atoms with van der Waals surface area (Å²) in [4.78, 5) is 22.7. The van der Waals surface area contributed by atoms with Crippen molar-refractivity contribution < 1.29 is 18.1 Å². The Kier molecular flexibility index (Phi) is 7.16. The third-order valence-corrected chi connectivity index (χ3v) is 6.54. The van der Waals surface area contributed by atoms with E-state index in [1.165, 1.54) is 36.4 Å². The fraction of sp³-hybridized carbons (Fsp3) is 0. The zero-order valence-corrected chi connectivity index (χ0v) is 19.4. The predicted octanol–water partition coefficient (Wildman–Crippen LogP) is 6.26. The highest BCUT2D eigenvalue weighted by atomic mass is 35.5. The maximum Gasteiger partial charge on any atom is 0.289 e. The maximum atomic E-state index is 12.8. The molecular formula is C19H11Cl4N3O5S.